The third-order valence-corrected chi connectivity index (χ3v) is 2.59. The highest BCUT2D eigenvalue weighted by Crippen LogP contribution is 2.14. The Morgan fingerprint density at radius 1 is 1.27 bits per heavy atom. The summed E-state index contributed by atoms with van der Waals surface area (Å²) in [5, 5.41) is 12.5. The first-order chi connectivity index (χ1) is 7.28. The van der Waals surface area contributed by atoms with Gasteiger partial charge in [0.25, 0.3) is 0 Å². The van der Waals surface area contributed by atoms with Crippen molar-refractivity contribution in [3.63, 3.8) is 0 Å². The molecule has 0 aliphatic heterocycles. The summed E-state index contributed by atoms with van der Waals surface area (Å²) in [6.45, 7) is -0.0795. The predicted molar refractivity (Wildman–Crippen MR) is 59.4 cm³/mol. The molecule has 0 unspecified atom stereocenters. The number of benzene rings is 1. The second-order valence-electron chi connectivity index (χ2n) is 3.25. The molecule has 0 saturated heterocycles. The molecule has 15 heavy (non-hydrogen) atoms. The number of aliphatic hydroxyl groups excluding tert-OH is 1. The summed E-state index contributed by atoms with van der Waals surface area (Å²) in [7, 11) is 0. The average molecular weight is 268 g/mol. The van der Waals surface area contributed by atoms with Crippen LogP contribution in [-0.2, 0) is 13.0 Å². The zero-order chi connectivity index (χ0) is 10.7. The van der Waals surface area contributed by atoms with E-state index in [1.807, 2.05) is 24.3 Å². The van der Waals surface area contributed by atoms with Gasteiger partial charge in [-0.1, -0.05) is 33.2 Å². The molecule has 0 fully saturated rings. The summed E-state index contributed by atoms with van der Waals surface area (Å²) in [5.41, 5.74) is 1.72. The van der Waals surface area contributed by atoms with Crippen LogP contribution >= 0.6 is 15.9 Å². The standard InChI is InChI=1S/C11H10BrNO2/c12-9-3-1-8(2-4-9)5-11-6-10(7-14)13-15-11/h1-4,6,14H,5,7H2. The highest BCUT2D eigenvalue weighted by molar-refractivity contribution is 9.10. The minimum atomic E-state index is -0.0795. The largest absolute Gasteiger partial charge is 0.390 e. The maximum Gasteiger partial charge on any atom is 0.141 e. The van der Waals surface area contributed by atoms with E-state index < -0.39 is 0 Å². The Kier molecular flexibility index (Phi) is 3.18. The van der Waals surface area contributed by atoms with Gasteiger partial charge < -0.3 is 9.63 Å². The van der Waals surface area contributed by atoms with Crippen LogP contribution in [-0.4, -0.2) is 10.3 Å². The summed E-state index contributed by atoms with van der Waals surface area (Å²) in [6.07, 6.45) is 0.695. The van der Waals surface area contributed by atoms with Crippen molar-refractivity contribution in [1.29, 1.82) is 0 Å². The van der Waals surface area contributed by atoms with Crippen molar-refractivity contribution in [3.8, 4) is 0 Å². The normalized spacial score (nSPS) is 10.5. The molecule has 0 radical (unpaired) electrons. The topological polar surface area (TPSA) is 46.3 Å². The number of hydrogen-bond donors (Lipinski definition) is 1. The third kappa shape index (κ3) is 2.67. The molecule has 2 rings (SSSR count). The van der Waals surface area contributed by atoms with Crippen molar-refractivity contribution < 1.29 is 9.63 Å². The minimum Gasteiger partial charge on any atom is -0.390 e. The van der Waals surface area contributed by atoms with E-state index in [4.69, 9.17) is 9.63 Å². The molecule has 0 aliphatic carbocycles. The predicted octanol–water partition coefficient (Wildman–Crippen LogP) is 2.52. The molecule has 1 aromatic carbocycles. The Labute approximate surface area is 95.8 Å². The van der Waals surface area contributed by atoms with Gasteiger partial charge in [0.2, 0.25) is 0 Å². The van der Waals surface area contributed by atoms with Gasteiger partial charge in [-0.2, -0.15) is 0 Å². The van der Waals surface area contributed by atoms with E-state index >= 15 is 0 Å². The van der Waals surface area contributed by atoms with E-state index in [9.17, 15) is 0 Å². The number of rotatable bonds is 3. The molecule has 0 saturated carbocycles. The highest BCUT2D eigenvalue weighted by atomic mass is 79.9. The summed E-state index contributed by atoms with van der Waals surface area (Å²) in [6, 6.07) is 9.77. The lowest BCUT2D eigenvalue weighted by molar-refractivity contribution is 0.265. The first-order valence-electron chi connectivity index (χ1n) is 4.57. The zero-order valence-corrected chi connectivity index (χ0v) is 9.57. The second-order valence-corrected chi connectivity index (χ2v) is 4.16. The number of halogens is 1. The molecule has 1 N–H and O–H groups in total. The smallest absolute Gasteiger partial charge is 0.141 e. The van der Waals surface area contributed by atoms with Crippen molar-refractivity contribution in [2.24, 2.45) is 0 Å². The van der Waals surface area contributed by atoms with Gasteiger partial charge in [0.15, 0.2) is 0 Å². The fraction of sp³-hybridized carbons (Fsp3) is 0.182. The molecule has 2 aromatic rings. The molecule has 0 atom stereocenters. The van der Waals surface area contributed by atoms with Crippen LogP contribution in [0.3, 0.4) is 0 Å². The molecule has 0 aliphatic rings. The monoisotopic (exact) mass is 267 g/mol. The Balaban J connectivity index is 2.11. The Morgan fingerprint density at radius 2 is 2.00 bits per heavy atom. The van der Waals surface area contributed by atoms with Gasteiger partial charge in [-0.05, 0) is 17.7 Å². The zero-order valence-electron chi connectivity index (χ0n) is 7.98. The van der Waals surface area contributed by atoms with Crippen LogP contribution in [0.25, 0.3) is 0 Å². The van der Waals surface area contributed by atoms with Crippen LogP contribution in [0.1, 0.15) is 17.0 Å². The fourth-order valence-corrected chi connectivity index (χ4v) is 1.58. The molecule has 0 amide bonds. The van der Waals surface area contributed by atoms with Crippen LogP contribution in [0.15, 0.2) is 39.3 Å². The van der Waals surface area contributed by atoms with E-state index in [0.29, 0.717) is 12.1 Å². The first kappa shape index (κ1) is 10.4. The van der Waals surface area contributed by atoms with Crippen molar-refractivity contribution >= 4 is 15.9 Å². The van der Waals surface area contributed by atoms with Crippen LogP contribution in [0.5, 0.6) is 0 Å². The minimum absolute atomic E-state index is 0.0795. The van der Waals surface area contributed by atoms with E-state index in [-0.39, 0.29) is 6.61 Å². The Morgan fingerprint density at radius 3 is 2.60 bits per heavy atom. The summed E-state index contributed by atoms with van der Waals surface area (Å²) >= 11 is 3.38. The van der Waals surface area contributed by atoms with Crippen LogP contribution < -0.4 is 0 Å². The van der Waals surface area contributed by atoms with Gasteiger partial charge in [0, 0.05) is 17.0 Å². The molecule has 1 aromatic heterocycles. The van der Waals surface area contributed by atoms with Gasteiger partial charge in [0.05, 0.1) is 6.61 Å². The molecular formula is C11H10BrNO2. The van der Waals surface area contributed by atoms with Crippen molar-refractivity contribution in [2.45, 2.75) is 13.0 Å². The van der Waals surface area contributed by atoms with Gasteiger partial charge in [-0.15, -0.1) is 0 Å². The summed E-state index contributed by atoms with van der Waals surface area (Å²) in [4.78, 5) is 0. The summed E-state index contributed by atoms with van der Waals surface area (Å²) < 4.78 is 6.12. The molecule has 78 valence electrons. The van der Waals surface area contributed by atoms with Crippen LogP contribution in [0.2, 0.25) is 0 Å². The second kappa shape index (κ2) is 4.59. The number of aliphatic hydroxyl groups is 1. The van der Waals surface area contributed by atoms with E-state index in [0.717, 1.165) is 15.8 Å². The Hall–Kier alpha value is -1.13. The molecule has 0 spiro atoms. The van der Waals surface area contributed by atoms with E-state index in [1.165, 1.54) is 0 Å². The highest BCUT2D eigenvalue weighted by Gasteiger charge is 2.03. The van der Waals surface area contributed by atoms with Crippen molar-refractivity contribution in [1.82, 2.24) is 5.16 Å². The average Bonchev–Trinajstić information content (AvgIpc) is 2.69. The van der Waals surface area contributed by atoms with Crippen LogP contribution in [0, 0.1) is 0 Å². The molecule has 4 heteroatoms. The number of hydrogen-bond acceptors (Lipinski definition) is 3. The maximum atomic E-state index is 8.82. The summed E-state index contributed by atoms with van der Waals surface area (Å²) in [5.74, 6) is 0.765. The third-order valence-electron chi connectivity index (χ3n) is 2.06. The fourth-order valence-electron chi connectivity index (χ4n) is 1.32. The lowest BCUT2D eigenvalue weighted by Gasteiger charge is -1.96. The van der Waals surface area contributed by atoms with Gasteiger partial charge in [-0.25, -0.2) is 0 Å². The van der Waals surface area contributed by atoms with Crippen molar-refractivity contribution in [3.05, 3.63) is 51.8 Å². The van der Waals surface area contributed by atoms with E-state index in [2.05, 4.69) is 21.1 Å². The SMILES string of the molecule is OCc1cc(Cc2ccc(Br)cc2)on1. The number of aromatic nitrogens is 1. The lowest BCUT2D eigenvalue weighted by atomic mass is 10.1. The lowest BCUT2D eigenvalue weighted by Crippen LogP contribution is -1.84. The van der Waals surface area contributed by atoms with Crippen molar-refractivity contribution in [2.75, 3.05) is 0 Å². The Bertz CT molecular complexity index is 436. The number of nitrogens with zero attached hydrogens (tertiary/aromatic N) is 1. The van der Waals surface area contributed by atoms with Gasteiger partial charge >= 0.3 is 0 Å². The van der Waals surface area contributed by atoms with Crippen LogP contribution in [0.4, 0.5) is 0 Å². The molecular weight excluding hydrogens is 258 g/mol. The molecule has 1 heterocycles. The molecule has 0 bridgehead atoms. The van der Waals surface area contributed by atoms with Gasteiger partial charge in [-0.3, -0.25) is 0 Å². The quantitative estimate of drug-likeness (QED) is 0.930. The molecule has 3 nitrogen and oxygen atoms in total. The first-order valence-corrected chi connectivity index (χ1v) is 5.37. The van der Waals surface area contributed by atoms with Gasteiger partial charge in [0.1, 0.15) is 11.5 Å². The maximum absolute atomic E-state index is 8.82. The van der Waals surface area contributed by atoms with E-state index in [1.54, 1.807) is 6.07 Å².